The Labute approximate surface area is 131 Å². The SMILES string of the molecule is CCN(CC)c1cc[n+](OS(=O)(=O)c2ccc(C)cc2)cc1. The predicted molar refractivity (Wildman–Crippen MR) is 85.1 cm³/mol. The molecule has 22 heavy (non-hydrogen) atoms. The van der Waals surface area contributed by atoms with Crippen molar-refractivity contribution in [1.82, 2.24) is 0 Å². The second kappa shape index (κ2) is 6.79. The van der Waals surface area contributed by atoms with E-state index in [1.807, 2.05) is 19.1 Å². The van der Waals surface area contributed by atoms with Gasteiger partial charge in [0.2, 0.25) is 12.4 Å². The van der Waals surface area contributed by atoms with E-state index in [9.17, 15) is 8.42 Å². The zero-order valence-electron chi connectivity index (χ0n) is 13.1. The number of aryl methyl sites for hydroxylation is 1. The van der Waals surface area contributed by atoms with Crippen molar-refractivity contribution in [2.75, 3.05) is 18.0 Å². The summed E-state index contributed by atoms with van der Waals surface area (Å²) >= 11 is 0. The van der Waals surface area contributed by atoms with E-state index in [1.165, 1.54) is 16.9 Å². The molecule has 0 aliphatic heterocycles. The molecule has 0 radical (unpaired) electrons. The molecule has 0 aliphatic rings. The van der Waals surface area contributed by atoms with Crippen molar-refractivity contribution < 1.29 is 17.4 Å². The van der Waals surface area contributed by atoms with Gasteiger partial charge in [0, 0.05) is 35.6 Å². The van der Waals surface area contributed by atoms with Gasteiger partial charge in [0.15, 0.2) is 0 Å². The molecular weight excluding hydrogens is 300 g/mol. The highest BCUT2D eigenvalue weighted by atomic mass is 32.2. The van der Waals surface area contributed by atoms with Gasteiger partial charge in [-0.25, -0.2) is 0 Å². The Bertz CT molecular complexity index is 706. The molecule has 0 fully saturated rings. The molecule has 2 aromatic rings. The summed E-state index contributed by atoms with van der Waals surface area (Å²) in [5.74, 6) is 0. The van der Waals surface area contributed by atoms with E-state index in [0.29, 0.717) is 0 Å². The third kappa shape index (κ3) is 3.76. The molecule has 0 unspecified atom stereocenters. The second-order valence-corrected chi connectivity index (χ2v) is 6.46. The standard InChI is InChI=1S/C16H21N2O3S/c1-4-17(5-2)15-10-12-18(13-11-15)21-22(19,20)16-8-6-14(3)7-9-16/h6-13H,4-5H2,1-3H3/q+1. The van der Waals surface area contributed by atoms with Gasteiger partial charge >= 0.3 is 10.1 Å². The summed E-state index contributed by atoms with van der Waals surface area (Å²) in [6, 6.07) is 10.2. The fourth-order valence-electron chi connectivity index (χ4n) is 2.12. The summed E-state index contributed by atoms with van der Waals surface area (Å²) in [5.41, 5.74) is 2.02. The Morgan fingerprint density at radius 2 is 1.55 bits per heavy atom. The van der Waals surface area contributed by atoms with Crippen molar-refractivity contribution in [3.8, 4) is 0 Å². The first-order valence-corrected chi connectivity index (χ1v) is 8.65. The monoisotopic (exact) mass is 321 g/mol. The number of hydrogen-bond donors (Lipinski definition) is 0. The second-order valence-electron chi connectivity index (χ2n) is 4.93. The van der Waals surface area contributed by atoms with E-state index in [0.717, 1.165) is 24.3 Å². The molecule has 0 aliphatic carbocycles. The van der Waals surface area contributed by atoms with Gasteiger partial charge in [-0.05, 0) is 32.9 Å². The number of nitrogens with zero attached hydrogens (tertiary/aromatic N) is 2. The molecule has 0 spiro atoms. The molecule has 2 rings (SSSR count). The van der Waals surface area contributed by atoms with E-state index in [1.54, 1.807) is 24.5 Å². The van der Waals surface area contributed by atoms with Crippen LogP contribution in [0.2, 0.25) is 0 Å². The highest BCUT2D eigenvalue weighted by Crippen LogP contribution is 2.12. The van der Waals surface area contributed by atoms with Crippen LogP contribution in [0, 0.1) is 6.92 Å². The smallest absolute Gasteiger partial charge is 0.372 e. The van der Waals surface area contributed by atoms with Crippen LogP contribution in [0.1, 0.15) is 19.4 Å². The fourth-order valence-corrected chi connectivity index (χ4v) is 3.00. The molecule has 0 N–H and O–H groups in total. The lowest BCUT2D eigenvalue weighted by Crippen LogP contribution is -2.45. The van der Waals surface area contributed by atoms with E-state index < -0.39 is 10.1 Å². The van der Waals surface area contributed by atoms with Gasteiger partial charge in [-0.1, -0.05) is 17.7 Å². The maximum absolute atomic E-state index is 12.2. The van der Waals surface area contributed by atoms with Gasteiger partial charge in [-0.3, -0.25) is 0 Å². The molecule has 0 amide bonds. The van der Waals surface area contributed by atoms with Crippen molar-refractivity contribution >= 4 is 15.8 Å². The van der Waals surface area contributed by atoms with Crippen molar-refractivity contribution in [3.63, 3.8) is 0 Å². The van der Waals surface area contributed by atoms with E-state index in [2.05, 4.69) is 18.7 Å². The number of anilines is 1. The molecule has 1 aromatic carbocycles. The van der Waals surface area contributed by atoms with Gasteiger partial charge in [-0.2, -0.15) is 8.42 Å². The van der Waals surface area contributed by atoms with Crippen LogP contribution in [0.4, 0.5) is 5.69 Å². The Balaban J connectivity index is 2.18. The Kier molecular flexibility index (Phi) is 5.03. The first kappa shape index (κ1) is 16.3. The van der Waals surface area contributed by atoms with Crippen molar-refractivity contribution in [2.24, 2.45) is 0 Å². The minimum Gasteiger partial charge on any atom is -0.372 e. The fraction of sp³-hybridized carbons (Fsp3) is 0.312. The van der Waals surface area contributed by atoms with Crippen molar-refractivity contribution in [3.05, 3.63) is 54.4 Å². The highest BCUT2D eigenvalue weighted by molar-refractivity contribution is 7.86. The Hall–Kier alpha value is -2.08. The van der Waals surface area contributed by atoms with Crippen LogP contribution in [0.25, 0.3) is 0 Å². The molecule has 0 saturated heterocycles. The summed E-state index contributed by atoms with van der Waals surface area (Å²) < 4.78 is 30.7. The predicted octanol–water partition coefficient (Wildman–Crippen LogP) is 1.95. The summed E-state index contributed by atoms with van der Waals surface area (Å²) in [4.78, 5) is 2.30. The lowest BCUT2D eigenvalue weighted by Gasteiger charge is -2.19. The van der Waals surface area contributed by atoms with Gasteiger partial charge in [-0.15, -0.1) is 4.28 Å². The Morgan fingerprint density at radius 3 is 2.05 bits per heavy atom. The molecule has 0 saturated carbocycles. The average molecular weight is 321 g/mol. The number of pyridine rings is 1. The number of benzene rings is 1. The molecule has 5 nitrogen and oxygen atoms in total. The van der Waals surface area contributed by atoms with Crippen LogP contribution in [0.5, 0.6) is 0 Å². The van der Waals surface area contributed by atoms with E-state index in [-0.39, 0.29) is 4.90 Å². The van der Waals surface area contributed by atoms with Crippen LogP contribution in [0.3, 0.4) is 0 Å². The van der Waals surface area contributed by atoms with Gasteiger partial charge < -0.3 is 4.90 Å². The lowest BCUT2D eigenvalue weighted by molar-refractivity contribution is -0.856. The highest BCUT2D eigenvalue weighted by Gasteiger charge is 2.21. The molecule has 0 bridgehead atoms. The minimum absolute atomic E-state index is 0.137. The number of rotatable bonds is 6. The lowest BCUT2D eigenvalue weighted by atomic mass is 10.2. The van der Waals surface area contributed by atoms with Crippen LogP contribution in [-0.2, 0) is 10.1 Å². The summed E-state index contributed by atoms with van der Waals surface area (Å²) in [7, 11) is -3.82. The zero-order valence-corrected chi connectivity index (χ0v) is 13.9. The molecule has 118 valence electrons. The maximum atomic E-state index is 12.2. The summed E-state index contributed by atoms with van der Waals surface area (Å²) in [6.07, 6.45) is 3.19. The topological polar surface area (TPSA) is 50.5 Å². The third-order valence-electron chi connectivity index (χ3n) is 3.41. The van der Waals surface area contributed by atoms with Crippen molar-refractivity contribution in [2.45, 2.75) is 25.7 Å². The van der Waals surface area contributed by atoms with Crippen LogP contribution < -0.4 is 13.9 Å². The van der Waals surface area contributed by atoms with Gasteiger partial charge in [0.25, 0.3) is 0 Å². The van der Waals surface area contributed by atoms with Crippen LogP contribution in [0.15, 0.2) is 53.7 Å². The molecule has 1 heterocycles. The zero-order chi connectivity index (χ0) is 16.2. The van der Waals surface area contributed by atoms with Gasteiger partial charge in [0.1, 0.15) is 4.90 Å². The van der Waals surface area contributed by atoms with E-state index >= 15 is 0 Å². The number of hydrogen-bond acceptors (Lipinski definition) is 4. The van der Waals surface area contributed by atoms with Crippen LogP contribution >= 0.6 is 0 Å². The average Bonchev–Trinajstić information content (AvgIpc) is 2.50. The Morgan fingerprint density at radius 1 is 1.00 bits per heavy atom. The summed E-state index contributed by atoms with van der Waals surface area (Å²) in [5, 5.41) is 0. The first-order chi connectivity index (χ1) is 10.5. The normalized spacial score (nSPS) is 11.2. The first-order valence-electron chi connectivity index (χ1n) is 7.24. The molecule has 0 atom stereocenters. The molecular formula is C16H21N2O3S+. The molecule has 6 heteroatoms. The third-order valence-corrected chi connectivity index (χ3v) is 4.62. The number of aromatic nitrogens is 1. The van der Waals surface area contributed by atoms with Crippen LogP contribution in [-0.4, -0.2) is 21.5 Å². The molecule has 1 aromatic heterocycles. The van der Waals surface area contributed by atoms with Gasteiger partial charge in [0.05, 0.1) is 0 Å². The van der Waals surface area contributed by atoms with Crippen molar-refractivity contribution in [1.29, 1.82) is 0 Å². The minimum atomic E-state index is -3.82. The van der Waals surface area contributed by atoms with E-state index in [4.69, 9.17) is 4.28 Å². The largest absolute Gasteiger partial charge is 0.396 e. The quantitative estimate of drug-likeness (QED) is 0.763. The summed E-state index contributed by atoms with van der Waals surface area (Å²) in [6.45, 7) is 7.83. The maximum Gasteiger partial charge on any atom is 0.396 e.